The quantitative estimate of drug-likeness (QED) is 0.670. The fourth-order valence-electron chi connectivity index (χ4n) is 1.87. The second kappa shape index (κ2) is 6.59. The number of halogens is 3. The van der Waals surface area contributed by atoms with E-state index in [0.29, 0.717) is 6.54 Å². The molecule has 122 valence electrons. The Labute approximate surface area is 129 Å². The molecule has 6 nitrogen and oxygen atoms in total. The predicted octanol–water partition coefficient (Wildman–Crippen LogP) is 3.62. The molecule has 0 aliphatic rings. The maximum absolute atomic E-state index is 12.5. The van der Waals surface area contributed by atoms with E-state index >= 15 is 0 Å². The molecule has 0 aliphatic heterocycles. The molecule has 1 aromatic carbocycles. The van der Waals surface area contributed by atoms with Crippen molar-refractivity contribution in [2.45, 2.75) is 19.0 Å². The second-order valence-electron chi connectivity index (χ2n) is 4.92. The SMILES string of the molecule is CC(CNc1ncc([N+](=O)[O-])cn1)c1ccc(C(F)(F)F)cc1. The zero-order chi connectivity index (χ0) is 17.0. The molecule has 1 aromatic heterocycles. The normalized spacial score (nSPS) is 12.7. The standard InChI is InChI=1S/C14H13F3N4O2/c1-9(10-2-4-11(5-3-10)14(15,16)17)6-18-13-19-7-12(8-20-13)21(22)23/h2-5,7-9H,6H2,1H3,(H,18,19,20). The van der Waals surface area contributed by atoms with Crippen molar-refractivity contribution in [2.75, 3.05) is 11.9 Å². The minimum atomic E-state index is -4.35. The number of hydrogen-bond acceptors (Lipinski definition) is 5. The summed E-state index contributed by atoms with van der Waals surface area (Å²) < 4.78 is 37.5. The van der Waals surface area contributed by atoms with Crippen molar-refractivity contribution in [3.05, 3.63) is 57.9 Å². The molecule has 9 heteroatoms. The number of hydrogen-bond donors (Lipinski definition) is 1. The highest BCUT2D eigenvalue weighted by Gasteiger charge is 2.30. The Kier molecular flexibility index (Phi) is 4.77. The zero-order valence-corrected chi connectivity index (χ0v) is 12.0. The summed E-state index contributed by atoms with van der Waals surface area (Å²) in [6, 6.07) is 4.92. The molecule has 0 saturated carbocycles. The highest BCUT2D eigenvalue weighted by atomic mass is 19.4. The monoisotopic (exact) mass is 326 g/mol. The molecule has 2 rings (SSSR count). The molecule has 0 amide bonds. The average molecular weight is 326 g/mol. The van der Waals surface area contributed by atoms with Crippen LogP contribution in [0.15, 0.2) is 36.7 Å². The summed E-state index contributed by atoms with van der Waals surface area (Å²) in [4.78, 5) is 17.5. The number of nitrogens with zero attached hydrogens (tertiary/aromatic N) is 3. The van der Waals surface area contributed by atoms with Gasteiger partial charge in [-0.1, -0.05) is 19.1 Å². The van der Waals surface area contributed by atoms with E-state index in [4.69, 9.17) is 0 Å². The average Bonchev–Trinajstić information content (AvgIpc) is 2.52. The Hall–Kier alpha value is -2.71. The van der Waals surface area contributed by atoms with Crippen molar-refractivity contribution in [2.24, 2.45) is 0 Å². The maximum atomic E-state index is 12.5. The first-order chi connectivity index (χ1) is 10.8. The van der Waals surface area contributed by atoms with Gasteiger partial charge in [-0.3, -0.25) is 10.1 Å². The van der Waals surface area contributed by atoms with Gasteiger partial charge >= 0.3 is 11.9 Å². The van der Waals surface area contributed by atoms with E-state index in [2.05, 4.69) is 15.3 Å². The third-order valence-electron chi connectivity index (χ3n) is 3.22. The van der Waals surface area contributed by atoms with Gasteiger partial charge in [0.2, 0.25) is 5.95 Å². The van der Waals surface area contributed by atoms with Crippen LogP contribution in [0, 0.1) is 10.1 Å². The molecule has 0 bridgehead atoms. The van der Waals surface area contributed by atoms with Crippen molar-refractivity contribution in [1.82, 2.24) is 9.97 Å². The minimum absolute atomic E-state index is 0.0870. The molecule has 0 fully saturated rings. The molecule has 2 aromatic rings. The van der Waals surface area contributed by atoms with Crippen molar-refractivity contribution in [3.8, 4) is 0 Å². The van der Waals surface area contributed by atoms with Gasteiger partial charge in [-0.2, -0.15) is 13.2 Å². The van der Waals surface area contributed by atoms with Crippen LogP contribution >= 0.6 is 0 Å². The van der Waals surface area contributed by atoms with E-state index in [1.807, 2.05) is 6.92 Å². The van der Waals surface area contributed by atoms with E-state index in [0.717, 1.165) is 30.1 Å². The lowest BCUT2D eigenvalue weighted by molar-refractivity contribution is -0.385. The van der Waals surface area contributed by atoms with E-state index in [9.17, 15) is 23.3 Å². The predicted molar refractivity (Wildman–Crippen MR) is 77.0 cm³/mol. The van der Waals surface area contributed by atoms with Crippen molar-refractivity contribution >= 4 is 11.6 Å². The summed E-state index contributed by atoms with van der Waals surface area (Å²) >= 11 is 0. The topological polar surface area (TPSA) is 81.0 Å². The number of rotatable bonds is 5. The molecular weight excluding hydrogens is 313 g/mol. The van der Waals surface area contributed by atoms with Crippen LogP contribution in [0.1, 0.15) is 24.0 Å². The van der Waals surface area contributed by atoms with E-state index in [1.165, 1.54) is 12.1 Å². The van der Waals surface area contributed by atoms with Gasteiger partial charge in [0.1, 0.15) is 12.4 Å². The van der Waals surface area contributed by atoms with Crippen LogP contribution in [0.5, 0.6) is 0 Å². The summed E-state index contributed by atoms with van der Waals surface area (Å²) in [5.41, 5.74) is -0.182. The first kappa shape index (κ1) is 16.7. The van der Waals surface area contributed by atoms with E-state index < -0.39 is 16.7 Å². The van der Waals surface area contributed by atoms with Crippen molar-refractivity contribution in [1.29, 1.82) is 0 Å². The number of anilines is 1. The summed E-state index contributed by atoms with van der Waals surface area (Å²) in [6.07, 6.45) is -2.19. The van der Waals surface area contributed by atoms with Gasteiger partial charge in [0.05, 0.1) is 10.5 Å². The fraction of sp³-hybridized carbons (Fsp3) is 0.286. The van der Waals surface area contributed by atoms with E-state index in [1.54, 1.807) is 0 Å². The Bertz CT molecular complexity index is 672. The van der Waals surface area contributed by atoms with Crippen molar-refractivity contribution < 1.29 is 18.1 Å². The lowest BCUT2D eigenvalue weighted by Gasteiger charge is -2.14. The van der Waals surface area contributed by atoms with Crippen LogP contribution in [0.4, 0.5) is 24.8 Å². The molecule has 23 heavy (non-hydrogen) atoms. The third-order valence-corrected chi connectivity index (χ3v) is 3.22. The van der Waals surface area contributed by atoms with Crippen LogP contribution in [0.25, 0.3) is 0 Å². The van der Waals surface area contributed by atoms with Crippen LogP contribution < -0.4 is 5.32 Å². The minimum Gasteiger partial charge on any atom is -0.354 e. The summed E-state index contributed by atoms with van der Waals surface area (Å²) in [7, 11) is 0. The molecule has 0 aliphatic carbocycles. The van der Waals surface area contributed by atoms with Gasteiger partial charge in [-0.05, 0) is 23.6 Å². The summed E-state index contributed by atoms with van der Waals surface area (Å²) in [5, 5.41) is 13.4. The number of nitrogens with one attached hydrogen (secondary N) is 1. The smallest absolute Gasteiger partial charge is 0.354 e. The number of benzene rings is 1. The van der Waals surface area contributed by atoms with Crippen LogP contribution in [-0.2, 0) is 6.18 Å². The number of aromatic nitrogens is 2. The molecule has 1 atom stereocenters. The number of nitro groups is 1. The summed E-state index contributed by atoms with van der Waals surface area (Å²) in [6.45, 7) is 2.21. The third kappa shape index (κ3) is 4.38. The largest absolute Gasteiger partial charge is 0.416 e. The highest BCUT2D eigenvalue weighted by molar-refractivity contribution is 5.32. The maximum Gasteiger partial charge on any atom is 0.416 e. The zero-order valence-electron chi connectivity index (χ0n) is 12.0. The Morgan fingerprint density at radius 3 is 2.26 bits per heavy atom. The van der Waals surface area contributed by atoms with Crippen LogP contribution in [0.2, 0.25) is 0 Å². The fourth-order valence-corrected chi connectivity index (χ4v) is 1.87. The van der Waals surface area contributed by atoms with Gasteiger partial charge in [0.15, 0.2) is 0 Å². The first-order valence-electron chi connectivity index (χ1n) is 6.65. The lowest BCUT2D eigenvalue weighted by atomic mass is 10.00. The second-order valence-corrected chi connectivity index (χ2v) is 4.92. The molecule has 0 radical (unpaired) electrons. The van der Waals surface area contributed by atoms with Gasteiger partial charge in [0.25, 0.3) is 0 Å². The Balaban J connectivity index is 1.96. The first-order valence-corrected chi connectivity index (χ1v) is 6.65. The Morgan fingerprint density at radius 2 is 1.78 bits per heavy atom. The van der Waals surface area contributed by atoms with Gasteiger partial charge in [0, 0.05) is 6.54 Å². The van der Waals surface area contributed by atoms with Gasteiger partial charge in [-0.15, -0.1) is 0 Å². The molecule has 0 saturated heterocycles. The van der Waals surface area contributed by atoms with Gasteiger partial charge < -0.3 is 5.32 Å². The van der Waals surface area contributed by atoms with Gasteiger partial charge in [-0.25, -0.2) is 9.97 Å². The Morgan fingerprint density at radius 1 is 1.22 bits per heavy atom. The summed E-state index contributed by atoms with van der Waals surface area (Å²) in [5.74, 6) is 0.130. The van der Waals surface area contributed by atoms with E-state index in [-0.39, 0.29) is 17.6 Å². The molecular formula is C14H13F3N4O2. The van der Waals surface area contributed by atoms with Crippen LogP contribution in [-0.4, -0.2) is 21.4 Å². The number of alkyl halides is 3. The molecule has 1 N–H and O–H groups in total. The molecule has 1 unspecified atom stereocenters. The van der Waals surface area contributed by atoms with Crippen LogP contribution in [0.3, 0.4) is 0 Å². The lowest BCUT2D eigenvalue weighted by Crippen LogP contribution is -2.12. The molecule has 1 heterocycles. The van der Waals surface area contributed by atoms with Crippen molar-refractivity contribution in [3.63, 3.8) is 0 Å². The molecule has 0 spiro atoms. The highest BCUT2D eigenvalue weighted by Crippen LogP contribution is 2.30.